The Morgan fingerprint density at radius 1 is 1.12 bits per heavy atom. The summed E-state index contributed by atoms with van der Waals surface area (Å²) >= 11 is 0. The average Bonchev–Trinajstić information content (AvgIpc) is 3.36. The van der Waals surface area contributed by atoms with E-state index in [2.05, 4.69) is 28.3 Å². The van der Waals surface area contributed by atoms with Crippen molar-refractivity contribution in [2.45, 2.75) is 50.7 Å². The van der Waals surface area contributed by atoms with Crippen molar-refractivity contribution >= 4 is 0 Å². The van der Waals surface area contributed by atoms with Crippen molar-refractivity contribution in [3.63, 3.8) is 0 Å². The lowest BCUT2D eigenvalue weighted by atomic mass is 9.88. The van der Waals surface area contributed by atoms with Crippen LogP contribution in [0.5, 0.6) is 0 Å². The minimum Gasteiger partial charge on any atom is -0.392 e. The zero-order chi connectivity index (χ0) is 16.4. The van der Waals surface area contributed by atoms with Crippen molar-refractivity contribution in [1.82, 2.24) is 10.1 Å². The molecule has 4 rings (SSSR count). The van der Waals surface area contributed by atoms with Gasteiger partial charge in [-0.1, -0.05) is 35.5 Å². The molecule has 1 aliphatic heterocycles. The highest BCUT2D eigenvalue weighted by molar-refractivity contribution is 5.16. The number of rotatable bonds is 6. The summed E-state index contributed by atoms with van der Waals surface area (Å²) in [6, 6.07) is 12.4. The van der Waals surface area contributed by atoms with Crippen molar-refractivity contribution < 1.29 is 9.63 Å². The summed E-state index contributed by atoms with van der Waals surface area (Å²) in [5.74, 6) is 2.10. The van der Waals surface area contributed by atoms with E-state index in [1.54, 1.807) is 0 Å². The normalized spacial score (nSPS) is 21.0. The molecule has 1 atom stereocenters. The van der Waals surface area contributed by atoms with E-state index in [4.69, 9.17) is 4.52 Å². The Bertz CT molecular complexity index is 643. The smallest absolute Gasteiger partial charge is 0.140 e. The summed E-state index contributed by atoms with van der Waals surface area (Å²) in [4.78, 5) is 2.43. The first-order chi connectivity index (χ1) is 11.8. The lowest BCUT2D eigenvalue weighted by Gasteiger charge is -2.33. The lowest BCUT2D eigenvalue weighted by molar-refractivity contribution is 0.0570. The fourth-order valence-corrected chi connectivity index (χ4v) is 3.71. The van der Waals surface area contributed by atoms with Crippen molar-refractivity contribution in [3.05, 3.63) is 53.4 Å². The van der Waals surface area contributed by atoms with Gasteiger partial charge in [0.25, 0.3) is 0 Å². The standard InChI is InChI=1S/C20H26N2O2/c23-19(12-15-4-2-1-3-5-15)16-8-10-22(11-9-16)14-18-13-20(24-21-18)17-6-7-17/h1-5,13,16-17,19,23H,6-12,14H2/t19-/m1/s1. The molecule has 24 heavy (non-hydrogen) atoms. The molecule has 4 heteroatoms. The topological polar surface area (TPSA) is 49.5 Å². The van der Waals surface area contributed by atoms with Crippen LogP contribution in [0.4, 0.5) is 0 Å². The molecule has 2 aliphatic rings. The second-order valence-corrected chi connectivity index (χ2v) is 7.37. The van der Waals surface area contributed by atoms with Gasteiger partial charge in [0.2, 0.25) is 0 Å². The van der Waals surface area contributed by atoms with Crippen LogP contribution in [-0.4, -0.2) is 34.4 Å². The van der Waals surface area contributed by atoms with Crippen LogP contribution in [-0.2, 0) is 13.0 Å². The third-order valence-corrected chi connectivity index (χ3v) is 5.41. The summed E-state index contributed by atoms with van der Waals surface area (Å²) < 4.78 is 5.44. The molecule has 0 spiro atoms. The summed E-state index contributed by atoms with van der Waals surface area (Å²) in [7, 11) is 0. The molecule has 1 aromatic heterocycles. The molecule has 0 radical (unpaired) electrons. The van der Waals surface area contributed by atoms with Crippen LogP contribution >= 0.6 is 0 Å². The number of hydrogen-bond donors (Lipinski definition) is 1. The van der Waals surface area contributed by atoms with E-state index in [1.165, 1.54) is 18.4 Å². The Labute approximate surface area is 143 Å². The zero-order valence-corrected chi connectivity index (χ0v) is 14.1. The predicted octanol–water partition coefficient (Wildman–Crippen LogP) is 3.37. The van der Waals surface area contributed by atoms with Crippen LogP contribution in [0, 0.1) is 5.92 Å². The number of likely N-dealkylation sites (tertiary alicyclic amines) is 1. The highest BCUT2D eigenvalue weighted by Gasteiger charge is 2.29. The Kier molecular flexibility index (Phi) is 4.67. The first-order valence-corrected chi connectivity index (χ1v) is 9.18. The minimum atomic E-state index is -0.233. The van der Waals surface area contributed by atoms with Crippen LogP contribution in [0.3, 0.4) is 0 Å². The van der Waals surface area contributed by atoms with Crippen molar-refractivity contribution in [2.24, 2.45) is 5.92 Å². The highest BCUT2D eigenvalue weighted by atomic mass is 16.5. The maximum absolute atomic E-state index is 10.5. The lowest BCUT2D eigenvalue weighted by Crippen LogP contribution is -2.38. The average molecular weight is 326 g/mol. The second kappa shape index (κ2) is 7.08. The molecule has 0 amide bonds. The van der Waals surface area contributed by atoms with Gasteiger partial charge in [0.05, 0.1) is 11.8 Å². The summed E-state index contributed by atoms with van der Waals surface area (Å²) in [5.41, 5.74) is 2.28. The van der Waals surface area contributed by atoms with Crippen LogP contribution in [0.2, 0.25) is 0 Å². The first kappa shape index (κ1) is 15.9. The molecule has 1 aliphatic carbocycles. The molecule has 1 saturated carbocycles. The van der Waals surface area contributed by atoms with E-state index in [0.717, 1.165) is 50.4 Å². The molecule has 1 saturated heterocycles. The van der Waals surface area contributed by atoms with Crippen LogP contribution in [0.1, 0.15) is 48.6 Å². The summed E-state index contributed by atoms with van der Waals surface area (Å²) in [6.45, 7) is 2.93. The predicted molar refractivity (Wildman–Crippen MR) is 92.6 cm³/mol. The van der Waals surface area contributed by atoms with Gasteiger partial charge in [-0.15, -0.1) is 0 Å². The van der Waals surface area contributed by atoms with Crippen molar-refractivity contribution in [2.75, 3.05) is 13.1 Å². The van der Waals surface area contributed by atoms with Gasteiger partial charge in [0.1, 0.15) is 5.76 Å². The van der Waals surface area contributed by atoms with E-state index in [1.807, 2.05) is 18.2 Å². The number of piperidine rings is 1. The molecule has 2 aromatic rings. The third-order valence-electron chi connectivity index (χ3n) is 5.41. The Balaban J connectivity index is 1.25. The van der Waals surface area contributed by atoms with Gasteiger partial charge in [-0.2, -0.15) is 0 Å². The number of nitrogens with zero attached hydrogens (tertiary/aromatic N) is 2. The van der Waals surface area contributed by atoms with Crippen LogP contribution in [0.15, 0.2) is 40.9 Å². The molecule has 2 fully saturated rings. The van der Waals surface area contributed by atoms with Gasteiger partial charge in [-0.05, 0) is 56.7 Å². The largest absolute Gasteiger partial charge is 0.392 e. The van der Waals surface area contributed by atoms with Crippen molar-refractivity contribution in [3.8, 4) is 0 Å². The third kappa shape index (κ3) is 3.87. The monoisotopic (exact) mass is 326 g/mol. The fourth-order valence-electron chi connectivity index (χ4n) is 3.71. The van der Waals surface area contributed by atoms with Gasteiger partial charge in [0.15, 0.2) is 0 Å². The van der Waals surface area contributed by atoms with E-state index in [0.29, 0.717) is 11.8 Å². The summed E-state index contributed by atoms with van der Waals surface area (Å²) in [5, 5.41) is 14.7. The van der Waals surface area contributed by atoms with E-state index < -0.39 is 0 Å². The Hall–Kier alpha value is -1.65. The van der Waals surface area contributed by atoms with Gasteiger partial charge in [-0.25, -0.2) is 0 Å². The van der Waals surface area contributed by atoms with E-state index in [-0.39, 0.29) is 6.10 Å². The van der Waals surface area contributed by atoms with E-state index in [9.17, 15) is 5.11 Å². The molecular formula is C20H26N2O2. The number of benzene rings is 1. The molecule has 0 unspecified atom stereocenters. The van der Waals surface area contributed by atoms with Gasteiger partial charge in [0, 0.05) is 18.5 Å². The molecule has 2 heterocycles. The van der Waals surface area contributed by atoms with Gasteiger partial charge >= 0.3 is 0 Å². The molecular weight excluding hydrogens is 300 g/mol. The number of aromatic nitrogens is 1. The Morgan fingerprint density at radius 2 is 1.88 bits per heavy atom. The molecule has 0 bridgehead atoms. The number of aliphatic hydroxyl groups is 1. The maximum atomic E-state index is 10.5. The highest BCUT2D eigenvalue weighted by Crippen LogP contribution is 2.40. The quantitative estimate of drug-likeness (QED) is 0.884. The number of aliphatic hydroxyl groups excluding tert-OH is 1. The van der Waals surface area contributed by atoms with Gasteiger partial charge in [-0.3, -0.25) is 4.90 Å². The fraction of sp³-hybridized carbons (Fsp3) is 0.550. The maximum Gasteiger partial charge on any atom is 0.140 e. The zero-order valence-electron chi connectivity index (χ0n) is 14.1. The first-order valence-electron chi connectivity index (χ1n) is 9.18. The van der Waals surface area contributed by atoms with E-state index >= 15 is 0 Å². The van der Waals surface area contributed by atoms with Crippen LogP contribution < -0.4 is 0 Å². The number of hydrogen-bond acceptors (Lipinski definition) is 4. The molecule has 1 N–H and O–H groups in total. The van der Waals surface area contributed by atoms with Crippen molar-refractivity contribution in [1.29, 1.82) is 0 Å². The molecule has 128 valence electrons. The second-order valence-electron chi connectivity index (χ2n) is 7.37. The van der Waals surface area contributed by atoms with Gasteiger partial charge < -0.3 is 9.63 Å². The molecule has 4 nitrogen and oxygen atoms in total. The Morgan fingerprint density at radius 3 is 2.58 bits per heavy atom. The molecule has 1 aromatic carbocycles. The summed E-state index contributed by atoms with van der Waals surface area (Å²) in [6.07, 6.45) is 5.14. The SMILES string of the molecule is O[C@H](Cc1ccccc1)C1CCN(Cc2cc(C3CC3)on2)CC1. The minimum absolute atomic E-state index is 0.233. The van der Waals surface area contributed by atoms with Crippen LogP contribution in [0.25, 0.3) is 0 Å².